The number of hydrogen-bond acceptors (Lipinski definition) is 7. The summed E-state index contributed by atoms with van der Waals surface area (Å²) in [5.74, 6) is 1.75. The van der Waals surface area contributed by atoms with Crippen molar-refractivity contribution in [3.8, 4) is 23.0 Å². The zero-order valence-corrected chi connectivity index (χ0v) is 23.3. The molecule has 1 aliphatic heterocycles. The summed E-state index contributed by atoms with van der Waals surface area (Å²) < 4.78 is 23.4. The lowest BCUT2D eigenvalue weighted by Crippen LogP contribution is -2.43. The van der Waals surface area contributed by atoms with Crippen molar-refractivity contribution < 1.29 is 28.8 Å². The summed E-state index contributed by atoms with van der Waals surface area (Å²) in [6.07, 6.45) is 1.48. The zero-order chi connectivity index (χ0) is 28.0. The van der Waals surface area contributed by atoms with Gasteiger partial charge in [0.1, 0.15) is 6.61 Å². The Kier molecular flexibility index (Phi) is 8.33. The molecule has 0 fully saturated rings. The minimum Gasteiger partial charge on any atom is -0.490 e. The quantitative estimate of drug-likeness (QED) is 0.183. The van der Waals surface area contributed by atoms with Gasteiger partial charge in [0.2, 0.25) is 6.79 Å². The van der Waals surface area contributed by atoms with Crippen LogP contribution in [-0.2, 0) is 17.0 Å². The average molecular weight is 603 g/mol. The van der Waals surface area contributed by atoms with Gasteiger partial charge in [-0.2, -0.15) is 5.10 Å². The van der Waals surface area contributed by atoms with E-state index in [4.69, 9.17) is 18.9 Å². The topological polar surface area (TPSA) is 98.6 Å². The highest BCUT2D eigenvalue weighted by molar-refractivity contribution is 9.10. The third-order valence-electron chi connectivity index (χ3n) is 6.24. The van der Waals surface area contributed by atoms with Gasteiger partial charge in [-0.3, -0.25) is 4.79 Å². The molecule has 4 aromatic carbocycles. The molecule has 1 aliphatic rings. The van der Waals surface area contributed by atoms with E-state index in [0.29, 0.717) is 50.8 Å². The Labute approximate surface area is 240 Å². The van der Waals surface area contributed by atoms with Crippen LogP contribution in [-0.4, -0.2) is 30.6 Å². The fourth-order valence-corrected chi connectivity index (χ4v) is 4.86. The summed E-state index contributed by atoms with van der Waals surface area (Å²) in [5, 5.41) is 15.7. The smallest absolute Gasteiger partial charge is 0.281 e. The first-order chi connectivity index (χ1) is 19.5. The van der Waals surface area contributed by atoms with Crippen LogP contribution in [0.4, 0.5) is 0 Å². The molecule has 2 N–H and O–H groups in total. The highest BCUT2D eigenvalue weighted by atomic mass is 79.9. The second-order valence-corrected chi connectivity index (χ2v) is 9.74. The first kappa shape index (κ1) is 27.2. The van der Waals surface area contributed by atoms with Gasteiger partial charge >= 0.3 is 0 Å². The lowest BCUT2D eigenvalue weighted by atomic mass is 9.85. The van der Waals surface area contributed by atoms with E-state index in [2.05, 4.69) is 26.5 Å². The maximum atomic E-state index is 13.3. The Morgan fingerprint density at radius 2 is 1.65 bits per heavy atom. The number of nitrogens with zero attached hydrogens (tertiary/aromatic N) is 1. The predicted octanol–water partition coefficient (Wildman–Crippen LogP) is 5.54. The van der Waals surface area contributed by atoms with Crippen molar-refractivity contribution in [3.05, 3.63) is 118 Å². The first-order valence-corrected chi connectivity index (χ1v) is 13.4. The molecular weight excluding hydrogens is 576 g/mol. The van der Waals surface area contributed by atoms with E-state index in [1.165, 1.54) is 6.21 Å². The third-order valence-corrected chi connectivity index (χ3v) is 6.83. The summed E-state index contributed by atoms with van der Waals surface area (Å²) in [5.41, 5.74) is 2.99. The number of carbonyl (C=O) groups excluding carboxylic acids is 1. The molecule has 1 amide bonds. The van der Waals surface area contributed by atoms with E-state index >= 15 is 0 Å². The number of halogens is 1. The summed E-state index contributed by atoms with van der Waals surface area (Å²) >= 11 is 3.57. The normalized spacial score (nSPS) is 12.4. The molecule has 0 radical (unpaired) electrons. The van der Waals surface area contributed by atoms with E-state index in [-0.39, 0.29) is 13.4 Å². The average Bonchev–Trinajstić information content (AvgIpc) is 3.45. The second-order valence-electron chi connectivity index (χ2n) is 8.88. The van der Waals surface area contributed by atoms with Crippen LogP contribution < -0.4 is 24.4 Å². The van der Waals surface area contributed by atoms with Crippen molar-refractivity contribution in [3.63, 3.8) is 0 Å². The molecule has 40 heavy (non-hydrogen) atoms. The maximum Gasteiger partial charge on any atom is 0.281 e. The standard InChI is InChI=1S/C31H27BrN2O6/c1-2-37-28-17-22(15-25(32)29(28)38-19-21-13-14-26-27(16-21)40-20-39-26)18-33-34-30(35)31(36,23-9-5-3-6-10-23)24-11-7-4-8-12-24/h3-18,36H,2,19-20H2,1H3,(H,34,35)/b33-18-. The molecule has 0 aromatic heterocycles. The molecular formula is C31H27BrN2O6. The number of carbonyl (C=O) groups is 1. The van der Waals surface area contributed by atoms with Gasteiger partial charge in [0.05, 0.1) is 17.3 Å². The van der Waals surface area contributed by atoms with E-state index in [9.17, 15) is 9.90 Å². The minimum atomic E-state index is -1.93. The van der Waals surface area contributed by atoms with Gasteiger partial charge in [-0.05, 0) is 69.4 Å². The van der Waals surface area contributed by atoms with Crippen molar-refractivity contribution in [1.82, 2.24) is 5.43 Å². The van der Waals surface area contributed by atoms with Crippen LogP contribution in [0.5, 0.6) is 23.0 Å². The maximum absolute atomic E-state index is 13.3. The molecule has 5 rings (SSSR count). The van der Waals surface area contributed by atoms with Crippen LogP contribution in [0.15, 0.2) is 101 Å². The molecule has 0 unspecified atom stereocenters. The Balaban J connectivity index is 1.33. The number of amides is 1. The molecule has 1 heterocycles. The Morgan fingerprint density at radius 1 is 0.975 bits per heavy atom. The van der Waals surface area contributed by atoms with Gasteiger partial charge in [-0.1, -0.05) is 66.7 Å². The van der Waals surface area contributed by atoms with Gasteiger partial charge < -0.3 is 24.1 Å². The molecule has 0 saturated carbocycles. The number of ether oxygens (including phenoxy) is 4. The van der Waals surface area contributed by atoms with Crippen LogP contribution in [0.3, 0.4) is 0 Å². The number of hydrogen-bond donors (Lipinski definition) is 2. The van der Waals surface area contributed by atoms with Crippen LogP contribution in [0.2, 0.25) is 0 Å². The van der Waals surface area contributed by atoms with Crippen molar-refractivity contribution in [2.24, 2.45) is 5.10 Å². The van der Waals surface area contributed by atoms with Gasteiger partial charge in [0, 0.05) is 0 Å². The largest absolute Gasteiger partial charge is 0.490 e. The number of nitrogens with one attached hydrogen (secondary N) is 1. The van der Waals surface area contributed by atoms with Crippen molar-refractivity contribution in [1.29, 1.82) is 0 Å². The van der Waals surface area contributed by atoms with Crippen LogP contribution in [0, 0.1) is 0 Å². The van der Waals surface area contributed by atoms with E-state index in [1.54, 1.807) is 60.7 Å². The highest BCUT2D eigenvalue weighted by Gasteiger charge is 2.39. The molecule has 0 atom stereocenters. The van der Waals surface area contributed by atoms with Crippen LogP contribution >= 0.6 is 15.9 Å². The Hall–Kier alpha value is -4.34. The lowest BCUT2D eigenvalue weighted by Gasteiger charge is -2.27. The van der Waals surface area contributed by atoms with Crippen LogP contribution in [0.1, 0.15) is 29.2 Å². The lowest BCUT2D eigenvalue weighted by molar-refractivity contribution is -0.136. The van der Waals surface area contributed by atoms with Gasteiger partial charge in [0.15, 0.2) is 28.6 Å². The third kappa shape index (κ3) is 5.80. The minimum absolute atomic E-state index is 0.209. The summed E-state index contributed by atoms with van der Waals surface area (Å²) in [4.78, 5) is 13.3. The fourth-order valence-electron chi connectivity index (χ4n) is 4.29. The SMILES string of the molecule is CCOc1cc(/C=N\NC(=O)C(O)(c2ccccc2)c2ccccc2)cc(Br)c1OCc1ccc2c(c1)OCO2. The monoisotopic (exact) mass is 602 g/mol. The molecule has 4 aromatic rings. The van der Waals surface area contributed by atoms with Crippen molar-refractivity contribution in [2.75, 3.05) is 13.4 Å². The Bertz CT molecular complexity index is 1470. The highest BCUT2D eigenvalue weighted by Crippen LogP contribution is 2.38. The van der Waals surface area contributed by atoms with E-state index in [0.717, 1.165) is 5.56 Å². The number of rotatable bonds is 10. The molecule has 8 nitrogen and oxygen atoms in total. The van der Waals surface area contributed by atoms with Gasteiger partial charge in [0.25, 0.3) is 5.91 Å². The van der Waals surface area contributed by atoms with E-state index in [1.807, 2.05) is 37.3 Å². The number of fused-ring (bicyclic) bond motifs is 1. The van der Waals surface area contributed by atoms with Gasteiger partial charge in [-0.15, -0.1) is 0 Å². The first-order valence-electron chi connectivity index (χ1n) is 12.6. The number of benzene rings is 4. The zero-order valence-electron chi connectivity index (χ0n) is 21.7. The number of aliphatic hydroxyl groups is 1. The summed E-state index contributed by atoms with van der Waals surface area (Å²) in [6.45, 7) is 2.80. The van der Waals surface area contributed by atoms with E-state index < -0.39 is 11.5 Å². The molecule has 0 aliphatic carbocycles. The molecule has 9 heteroatoms. The predicted molar refractivity (Wildman–Crippen MR) is 154 cm³/mol. The summed E-state index contributed by atoms with van der Waals surface area (Å²) in [6, 6.07) is 26.7. The molecule has 204 valence electrons. The fraction of sp³-hybridized carbons (Fsp3) is 0.161. The number of hydrazone groups is 1. The van der Waals surface area contributed by atoms with Gasteiger partial charge in [-0.25, -0.2) is 5.43 Å². The molecule has 0 saturated heterocycles. The second kappa shape index (κ2) is 12.2. The van der Waals surface area contributed by atoms with Crippen LogP contribution in [0.25, 0.3) is 0 Å². The molecule has 0 spiro atoms. The Morgan fingerprint density at radius 3 is 2.33 bits per heavy atom. The van der Waals surface area contributed by atoms with Crippen molar-refractivity contribution in [2.45, 2.75) is 19.1 Å². The molecule has 0 bridgehead atoms. The van der Waals surface area contributed by atoms with Crippen molar-refractivity contribution >= 4 is 28.1 Å². The summed E-state index contributed by atoms with van der Waals surface area (Å²) in [7, 11) is 0.